The molecule has 8 nitrogen and oxygen atoms in total. The maximum absolute atomic E-state index is 13.6. The molecular formula is C38H43N3O5. The van der Waals surface area contributed by atoms with Gasteiger partial charge >= 0.3 is 0 Å². The van der Waals surface area contributed by atoms with Crippen LogP contribution in [0, 0.1) is 5.92 Å². The summed E-state index contributed by atoms with van der Waals surface area (Å²) in [6.45, 7) is 5.59. The summed E-state index contributed by atoms with van der Waals surface area (Å²) in [6.07, 6.45) is 0.126. The molecule has 4 aromatic rings. The summed E-state index contributed by atoms with van der Waals surface area (Å²) < 4.78 is 12.6. The molecule has 4 aromatic carbocycles. The Balaban J connectivity index is 1.30. The summed E-state index contributed by atoms with van der Waals surface area (Å²) in [5.74, 6) is 1.96. The number of para-hydroxylation sites is 1. The molecule has 0 aromatic heterocycles. The number of benzene rings is 4. The number of aliphatic hydroxyl groups is 1. The van der Waals surface area contributed by atoms with Crippen LogP contribution in [0.5, 0.6) is 17.2 Å². The number of rotatable bonds is 11. The van der Waals surface area contributed by atoms with E-state index in [-0.39, 0.29) is 49.3 Å². The fourth-order valence-electron chi connectivity index (χ4n) is 5.68. The van der Waals surface area contributed by atoms with E-state index in [0.29, 0.717) is 36.6 Å². The molecule has 0 aliphatic carbocycles. The highest BCUT2D eigenvalue weighted by Gasteiger charge is 2.31. The first-order chi connectivity index (χ1) is 22.3. The molecule has 0 saturated carbocycles. The summed E-state index contributed by atoms with van der Waals surface area (Å²) in [7, 11) is 2.06. The number of aliphatic hydroxyl groups excluding tert-OH is 1. The average molecular weight is 622 g/mol. The van der Waals surface area contributed by atoms with Crippen molar-refractivity contribution in [2.24, 2.45) is 5.92 Å². The Morgan fingerprint density at radius 3 is 2.35 bits per heavy atom. The number of nitrogens with zero attached hydrogens (tertiary/aromatic N) is 2. The van der Waals surface area contributed by atoms with Crippen molar-refractivity contribution in [2.45, 2.75) is 45.4 Å². The molecule has 0 radical (unpaired) electrons. The number of hydrogen-bond acceptors (Lipinski definition) is 6. The Labute approximate surface area is 271 Å². The van der Waals surface area contributed by atoms with Crippen LogP contribution in [0.2, 0.25) is 0 Å². The van der Waals surface area contributed by atoms with E-state index < -0.39 is 0 Å². The zero-order chi connectivity index (χ0) is 32.5. The van der Waals surface area contributed by atoms with Crippen LogP contribution in [0.3, 0.4) is 0 Å². The highest BCUT2D eigenvalue weighted by Crippen LogP contribution is 2.30. The summed E-state index contributed by atoms with van der Waals surface area (Å²) in [4.78, 5) is 30.3. The Morgan fingerprint density at radius 1 is 0.978 bits per heavy atom. The van der Waals surface area contributed by atoms with Gasteiger partial charge in [-0.25, -0.2) is 0 Å². The van der Waals surface area contributed by atoms with Crippen LogP contribution < -0.4 is 14.8 Å². The molecule has 0 fully saturated rings. The molecule has 240 valence electrons. The minimum atomic E-state index is -0.333. The van der Waals surface area contributed by atoms with E-state index in [1.807, 2.05) is 97.9 Å². The zero-order valence-corrected chi connectivity index (χ0v) is 26.8. The smallest absolute Gasteiger partial charge is 0.228 e. The lowest BCUT2D eigenvalue weighted by atomic mass is 10.0. The van der Waals surface area contributed by atoms with Crippen LogP contribution >= 0.6 is 0 Å². The molecule has 2 N–H and O–H groups in total. The first-order valence-electron chi connectivity index (χ1n) is 15.8. The number of carbonyl (C=O) groups is 2. The van der Waals surface area contributed by atoms with Gasteiger partial charge in [0.1, 0.15) is 23.4 Å². The van der Waals surface area contributed by atoms with Crippen LogP contribution in [0.1, 0.15) is 30.5 Å². The lowest BCUT2D eigenvalue weighted by Crippen LogP contribution is -2.47. The summed E-state index contributed by atoms with van der Waals surface area (Å²) >= 11 is 0. The van der Waals surface area contributed by atoms with Crippen molar-refractivity contribution in [3.8, 4) is 17.2 Å². The Kier molecular flexibility index (Phi) is 11.1. The molecule has 46 heavy (non-hydrogen) atoms. The Bertz CT molecular complexity index is 1580. The van der Waals surface area contributed by atoms with E-state index >= 15 is 0 Å². The molecule has 8 heteroatoms. The predicted octanol–water partition coefficient (Wildman–Crippen LogP) is 5.94. The number of nitrogens with one attached hydrogen (secondary N) is 1. The van der Waals surface area contributed by atoms with Crippen molar-refractivity contribution < 1.29 is 24.2 Å². The topological polar surface area (TPSA) is 91.3 Å². The minimum Gasteiger partial charge on any atom is -0.488 e. The van der Waals surface area contributed by atoms with Gasteiger partial charge in [-0.3, -0.25) is 14.5 Å². The third-order valence-corrected chi connectivity index (χ3v) is 8.25. The van der Waals surface area contributed by atoms with E-state index in [1.165, 1.54) is 0 Å². The molecule has 0 spiro atoms. The third kappa shape index (κ3) is 8.96. The van der Waals surface area contributed by atoms with E-state index in [0.717, 1.165) is 22.6 Å². The number of hydrogen-bond donors (Lipinski definition) is 2. The number of fused-ring (bicyclic) bond motifs is 1. The molecule has 1 heterocycles. The van der Waals surface area contributed by atoms with Crippen LogP contribution in [0.15, 0.2) is 103 Å². The number of anilines is 1. The van der Waals surface area contributed by atoms with Crippen molar-refractivity contribution in [3.05, 3.63) is 120 Å². The van der Waals surface area contributed by atoms with Gasteiger partial charge in [-0.15, -0.1) is 0 Å². The van der Waals surface area contributed by atoms with Crippen molar-refractivity contribution in [2.75, 3.05) is 32.1 Å². The first-order valence-corrected chi connectivity index (χ1v) is 15.8. The van der Waals surface area contributed by atoms with Crippen LogP contribution in [0.25, 0.3) is 0 Å². The average Bonchev–Trinajstić information content (AvgIpc) is 3.09. The summed E-state index contributed by atoms with van der Waals surface area (Å²) in [6, 6.07) is 32.5. The second-order valence-electron chi connectivity index (χ2n) is 12.2. The predicted molar refractivity (Wildman–Crippen MR) is 180 cm³/mol. The van der Waals surface area contributed by atoms with Crippen LogP contribution in [0.4, 0.5) is 5.69 Å². The fraction of sp³-hybridized carbons (Fsp3) is 0.316. The SMILES string of the molecule is C[C@@H]1CN([C@H](C)CO)C(=O)Cc2cc(NC(=O)Cc3ccccc3)ccc2O[C@H]1CN(C)Cc1ccc(Oc2ccccc2)cc1. The lowest BCUT2D eigenvalue weighted by Gasteiger charge is -2.34. The van der Waals surface area contributed by atoms with Gasteiger partial charge in [0.25, 0.3) is 0 Å². The number of ether oxygens (including phenoxy) is 2. The van der Waals surface area contributed by atoms with E-state index in [2.05, 4.69) is 36.3 Å². The summed E-state index contributed by atoms with van der Waals surface area (Å²) in [5, 5.41) is 12.9. The summed E-state index contributed by atoms with van der Waals surface area (Å²) in [5.41, 5.74) is 3.37. The lowest BCUT2D eigenvalue weighted by molar-refractivity contribution is -0.134. The molecule has 5 rings (SSSR count). The minimum absolute atomic E-state index is 0.0155. The van der Waals surface area contributed by atoms with Crippen molar-refractivity contribution in [1.82, 2.24) is 9.80 Å². The van der Waals surface area contributed by atoms with Gasteiger partial charge in [0.2, 0.25) is 11.8 Å². The second kappa shape index (κ2) is 15.6. The van der Waals surface area contributed by atoms with E-state index in [4.69, 9.17) is 9.47 Å². The number of amides is 2. The first kappa shape index (κ1) is 32.7. The van der Waals surface area contributed by atoms with Crippen molar-refractivity contribution >= 4 is 17.5 Å². The maximum Gasteiger partial charge on any atom is 0.228 e. The zero-order valence-electron chi connectivity index (χ0n) is 26.8. The van der Waals surface area contributed by atoms with Gasteiger partial charge < -0.3 is 24.8 Å². The van der Waals surface area contributed by atoms with Crippen LogP contribution in [-0.4, -0.2) is 65.6 Å². The van der Waals surface area contributed by atoms with Crippen molar-refractivity contribution in [1.29, 1.82) is 0 Å². The normalized spacial score (nSPS) is 17.2. The molecule has 2 amide bonds. The highest BCUT2D eigenvalue weighted by atomic mass is 16.5. The largest absolute Gasteiger partial charge is 0.488 e. The van der Waals surface area contributed by atoms with Gasteiger partial charge in [-0.1, -0.05) is 67.6 Å². The van der Waals surface area contributed by atoms with Gasteiger partial charge in [0, 0.05) is 36.8 Å². The molecule has 1 aliphatic heterocycles. The van der Waals surface area contributed by atoms with Crippen LogP contribution in [-0.2, 0) is 29.0 Å². The maximum atomic E-state index is 13.6. The highest BCUT2D eigenvalue weighted by molar-refractivity contribution is 5.92. The molecule has 1 aliphatic rings. The standard InChI is InChI=1S/C38H43N3O5/c1-27-23-41(28(2)26-42)38(44)22-31-21-32(39-37(43)20-29-10-6-4-7-11-29)16-19-35(31)46-36(27)25-40(3)24-30-14-17-34(18-15-30)45-33-12-8-5-9-13-33/h4-19,21,27-28,36,42H,20,22-26H2,1-3H3,(H,39,43)/t27-,28-,36+/m1/s1. The van der Waals surface area contributed by atoms with Gasteiger partial charge in [-0.2, -0.15) is 0 Å². The quantitative estimate of drug-likeness (QED) is 0.215. The van der Waals surface area contributed by atoms with E-state index in [1.54, 1.807) is 4.90 Å². The van der Waals surface area contributed by atoms with E-state index in [9.17, 15) is 14.7 Å². The van der Waals surface area contributed by atoms with Gasteiger partial charge in [-0.05, 0) is 67.6 Å². The van der Waals surface area contributed by atoms with Gasteiger partial charge in [0.15, 0.2) is 0 Å². The monoisotopic (exact) mass is 621 g/mol. The molecular weight excluding hydrogens is 578 g/mol. The van der Waals surface area contributed by atoms with Crippen molar-refractivity contribution in [3.63, 3.8) is 0 Å². The second-order valence-corrected chi connectivity index (χ2v) is 12.2. The molecule has 0 unspecified atom stereocenters. The fourth-order valence-corrected chi connectivity index (χ4v) is 5.68. The molecule has 0 bridgehead atoms. The van der Waals surface area contributed by atoms with Gasteiger partial charge in [0.05, 0.1) is 25.5 Å². The molecule has 3 atom stereocenters. The Hall–Kier alpha value is -4.66. The number of carbonyl (C=O) groups excluding carboxylic acids is 2. The molecule has 0 saturated heterocycles. The third-order valence-electron chi connectivity index (χ3n) is 8.25. The number of likely N-dealkylation sites (N-methyl/N-ethyl adjacent to an activating group) is 1. The Morgan fingerprint density at radius 2 is 1.65 bits per heavy atom.